The van der Waals surface area contributed by atoms with E-state index in [1.807, 2.05) is 6.92 Å². The van der Waals surface area contributed by atoms with Crippen LogP contribution in [0.5, 0.6) is 11.5 Å². The number of unbranched alkanes of at least 4 members (excludes halogenated alkanes) is 1. The molecule has 0 aliphatic rings. The van der Waals surface area contributed by atoms with Crippen molar-refractivity contribution in [2.75, 3.05) is 14.2 Å². The molecular formula is C18H25NO5. The van der Waals surface area contributed by atoms with Gasteiger partial charge in [-0.05, 0) is 25.0 Å². The first-order valence-corrected chi connectivity index (χ1v) is 7.87. The third kappa shape index (κ3) is 5.01. The average Bonchev–Trinajstić information content (AvgIpc) is 2.57. The molecule has 2 N–H and O–H groups in total. The molecule has 0 aromatic heterocycles. The summed E-state index contributed by atoms with van der Waals surface area (Å²) in [6.07, 6.45) is 4.17. The molecule has 6 nitrogen and oxygen atoms in total. The van der Waals surface area contributed by atoms with Gasteiger partial charge in [0.1, 0.15) is 6.04 Å². The molecule has 24 heavy (non-hydrogen) atoms. The van der Waals surface area contributed by atoms with Crippen LogP contribution in [0, 0.1) is 0 Å². The molecule has 0 radical (unpaired) electrons. The Labute approximate surface area is 142 Å². The van der Waals surface area contributed by atoms with Gasteiger partial charge < -0.3 is 19.9 Å². The second-order valence-electron chi connectivity index (χ2n) is 5.37. The lowest BCUT2D eigenvalue weighted by Gasteiger charge is -2.17. The zero-order valence-corrected chi connectivity index (χ0v) is 14.4. The Bertz CT molecular complexity index is 597. The van der Waals surface area contributed by atoms with Gasteiger partial charge >= 0.3 is 5.97 Å². The molecule has 1 rings (SSSR count). The van der Waals surface area contributed by atoms with Crippen LogP contribution in [0.2, 0.25) is 0 Å². The summed E-state index contributed by atoms with van der Waals surface area (Å²) >= 11 is 0. The van der Waals surface area contributed by atoms with Crippen LogP contribution in [0.15, 0.2) is 24.8 Å². The van der Waals surface area contributed by atoms with Crippen molar-refractivity contribution in [2.45, 2.75) is 38.6 Å². The Kier molecular flexibility index (Phi) is 7.82. The zero-order chi connectivity index (χ0) is 18.1. The lowest BCUT2D eigenvalue weighted by Crippen LogP contribution is -2.40. The SMILES string of the molecule is C=CCc1cc(C(=O)N[C@@H](CCCC)C(=O)O)cc(OC)c1OC. The maximum atomic E-state index is 12.5. The second kappa shape index (κ2) is 9.60. The van der Waals surface area contributed by atoms with Gasteiger partial charge in [-0.15, -0.1) is 6.58 Å². The predicted octanol–water partition coefficient (Wildman–Crippen LogP) is 2.81. The van der Waals surface area contributed by atoms with E-state index < -0.39 is 17.9 Å². The molecule has 0 heterocycles. The molecule has 0 saturated carbocycles. The number of nitrogens with one attached hydrogen (secondary N) is 1. The first-order valence-electron chi connectivity index (χ1n) is 7.87. The van der Waals surface area contributed by atoms with Crippen LogP contribution < -0.4 is 14.8 Å². The van der Waals surface area contributed by atoms with Gasteiger partial charge in [-0.2, -0.15) is 0 Å². The molecule has 1 aromatic rings. The highest BCUT2D eigenvalue weighted by molar-refractivity contribution is 5.97. The number of rotatable bonds is 10. The average molecular weight is 335 g/mol. The summed E-state index contributed by atoms with van der Waals surface area (Å²) in [6, 6.07) is 2.30. The third-order valence-corrected chi connectivity index (χ3v) is 3.63. The lowest BCUT2D eigenvalue weighted by molar-refractivity contribution is -0.139. The maximum absolute atomic E-state index is 12.5. The molecule has 0 saturated heterocycles. The van der Waals surface area contributed by atoms with Gasteiger partial charge in [-0.25, -0.2) is 4.79 Å². The van der Waals surface area contributed by atoms with Gasteiger partial charge in [0.25, 0.3) is 5.91 Å². The molecule has 0 aliphatic heterocycles. The molecule has 0 fully saturated rings. The summed E-state index contributed by atoms with van der Waals surface area (Å²) in [5.41, 5.74) is 1.07. The van der Waals surface area contributed by atoms with Crippen LogP contribution in [0.4, 0.5) is 0 Å². The minimum atomic E-state index is -1.04. The molecular weight excluding hydrogens is 310 g/mol. The zero-order valence-electron chi connectivity index (χ0n) is 14.4. The number of carboxylic acids is 1. The van der Waals surface area contributed by atoms with Crippen molar-refractivity contribution in [3.05, 3.63) is 35.9 Å². The number of ether oxygens (including phenoxy) is 2. The quantitative estimate of drug-likeness (QED) is 0.642. The summed E-state index contributed by atoms with van der Waals surface area (Å²) in [6.45, 7) is 5.66. The normalized spacial score (nSPS) is 11.5. The predicted molar refractivity (Wildman–Crippen MR) is 91.9 cm³/mol. The van der Waals surface area contributed by atoms with Crippen molar-refractivity contribution in [1.82, 2.24) is 5.32 Å². The van der Waals surface area contributed by atoms with E-state index in [1.165, 1.54) is 14.2 Å². The summed E-state index contributed by atoms with van der Waals surface area (Å²) in [4.78, 5) is 23.7. The van der Waals surface area contributed by atoms with E-state index in [1.54, 1.807) is 18.2 Å². The Morgan fingerprint density at radius 2 is 2.04 bits per heavy atom. The third-order valence-electron chi connectivity index (χ3n) is 3.63. The molecule has 0 bridgehead atoms. The summed E-state index contributed by atoms with van der Waals surface area (Å²) < 4.78 is 10.6. The van der Waals surface area contributed by atoms with Crippen molar-refractivity contribution in [3.63, 3.8) is 0 Å². The number of aliphatic carboxylic acids is 1. The van der Waals surface area contributed by atoms with Gasteiger partial charge in [0.2, 0.25) is 0 Å². The highest BCUT2D eigenvalue weighted by atomic mass is 16.5. The van der Waals surface area contributed by atoms with Crippen LogP contribution >= 0.6 is 0 Å². The number of carbonyl (C=O) groups is 2. The Hall–Kier alpha value is -2.50. The van der Waals surface area contributed by atoms with E-state index in [0.29, 0.717) is 29.9 Å². The van der Waals surface area contributed by atoms with Crippen LogP contribution in [0.3, 0.4) is 0 Å². The Balaban J connectivity index is 3.10. The van der Waals surface area contributed by atoms with Gasteiger partial charge in [0, 0.05) is 11.1 Å². The molecule has 1 atom stereocenters. The fourth-order valence-electron chi connectivity index (χ4n) is 2.39. The standard InChI is InChI=1S/C18H25NO5/c1-5-7-9-14(18(21)22)19-17(20)13-10-12(8-6-2)16(24-4)15(11-13)23-3/h6,10-11,14H,2,5,7-9H2,1,3-4H3,(H,19,20)(H,21,22)/t14-/m0/s1. The van der Waals surface area contributed by atoms with Crippen LogP contribution in [-0.2, 0) is 11.2 Å². The Morgan fingerprint density at radius 3 is 2.54 bits per heavy atom. The fraction of sp³-hybridized carbons (Fsp3) is 0.444. The molecule has 1 aromatic carbocycles. The first-order chi connectivity index (χ1) is 11.5. The number of amides is 1. The smallest absolute Gasteiger partial charge is 0.326 e. The molecule has 0 unspecified atom stereocenters. The minimum Gasteiger partial charge on any atom is -0.493 e. The van der Waals surface area contributed by atoms with E-state index in [9.17, 15) is 14.7 Å². The van der Waals surface area contributed by atoms with E-state index in [-0.39, 0.29) is 0 Å². The van der Waals surface area contributed by atoms with Crippen LogP contribution in [0.25, 0.3) is 0 Å². The van der Waals surface area contributed by atoms with Crippen molar-refractivity contribution in [3.8, 4) is 11.5 Å². The maximum Gasteiger partial charge on any atom is 0.326 e. The van der Waals surface area contributed by atoms with E-state index in [4.69, 9.17) is 9.47 Å². The molecule has 0 spiro atoms. The van der Waals surface area contributed by atoms with Crippen LogP contribution in [-0.4, -0.2) is 37.2 Å². The van der Waals surface area contributed by atoms with Crippen molar-refractivity contribution in [1.29, 1.82) is 0 Å². The number of benzene rings is 1. The van der Waals surface area contributed by atoms with E-state index in [2.05, 4.69) is 11.9 Å². The van der Waals surface area contributed by atoms with Gasteiger partial charge in [-0.3, -0.25) is 4.79 Å². The number of carbonyl (C=O) groups excluding carboxylic acids is 1. The van der Waals surface area contributed by atoms with E-state index >= 15 is 0 Å². The largest absolute Gasteiger partial charge is 0.493 e. The number of allylic oxidation sites excluding steroid dienone is 1. The topological polar surface area (TPSA) is 84.9 Å². The van der Waals surface area contributed by atoms with Crippen molar-refractivity contribution in [2.24, 2.45) is 0 Å². The number of hydrogen-bond acceptors (Lipinski definition) is 4. The molecule has 132 valence electrons. The molecule has 6 heteroatoms. The minimum absolute atomic E-state index is 0.326. The lowest BCUT2D eigenvalue weighted by atomic mass is 10.0. The highest BCUT2D eigenvalue weighted by Gasteiger charge is 2.22. The molecule has 1 amide bonds. The Morgan fingerprint density at radius 1 is 1.33 bits per heavy atom. The first kappa shape index (κ1) is 19.5. The van der Waals surface area contributed by atoms with Crippen molar-refractivity contribution >= 4 is 11.9 Å². The van der Waals surface area contributed by atoms with Gasteiger partial charge in [0.05, 0.1) is 14.2 Å². The summed E-state index contributed by atoms with van der Waals surface area (Å²) in [7, 11) is 3.01. The number of carboxylic acid groups (broad SMARTS) is 1. The summed E-state index contributed by atoms with van der Waals surface area (Å²) in [5.74, 6) is -0.537. The van der Waals surface area contributed by atoms with Crippen molar-refractivity contribution < 1.29 is 24.2 Å². The number of hydrogen-bond donors (Lipinski definition) is 2. The molecule has 0 aliphatic carbocycles. The van der Waals surface area contributed by atoms with Gasteiger partial charge in [0.15, 0.2) is 11.5 Å². The monoisotopic (exact) mass is 335 g/mol. The highest BCUT2D eigenvalue weighted by Crippen LogP contribution is 2.33. The van der Waals surface area contributed by atoms with E-state index in [0.717, 1.165) is 18.4 Å². The van der Waals surface area contributed by atoms with Crippen LogP contribution in [0.1, 0.15) is 42.1 Å². The fourth-order valence-corrected chi connectivity index (χ4v) is 2.39. The summed E-state index contributed by atoms with van der Waals surface area (Å²) in [5, 5.41) is 11.8. The second-order valence-corrected chi connectivity index (χ2v) is 5.37. The number of methoxy groups -OCH3 is 2. The van der Waals surface area contributed by atoms with Gasteiger partial charge in [-0.1, -0.05) is 25.8 Å².